The minimum Gasteiger partial charge on any atom is -0.454 e. The van der Waals surface area contributed by atoms with E-state index in [0.717, 1.165) is 25.7 Å². The van der Waals surface area contributed by atoms with Crippen molar-refractivity contribution in [2.45, 2.75) is 45.6 Å². The van der Waals surface area contributed by atoms with E-state index in [1.807, 2.05) is 6.92 Å². The number of rotatable bonds is 6. The SMILES string of the molecule is CCCCC(CC)O[C]=O. The van der Waals surface area contributed by atoms with Gasteiger partial charge in [-0.1, -0.05) is 26.7 Å². The third-order valence-corrected chi connectivity index (χ3v) is 1.55. The molecule has 0 aromatic carbocycles. The van der Waals surface area contributed by atoms with Gasteiger partial charge in [0.05, 0.1) is 0 Å². The molecule has 0 aromatic rings. The first-order valence-electron chi connectivity index (χ1n) is 3.87. The molecule has 0 amide bonds. The Morgan fingerprint density at radius 3 is 2.60 bits per heavy atom. The Morgan fingerprint density at radius 1 is 1.50 bits per heavy atom. The van der Waals surface area contributed by atoms with Crippen LogP contribution in [0.25, 0.3) is 0 Å². The molecular weight excluding hydrogens is 128 g/mol. The van der Waals surface area contributed by atoms with E-state index in [-0.39, 0.29) is 6.10 Å². The van der Waals surface area contributed by atoms with E-state index in [2.05, 4.69) is 11.7 Å². The summed E-state index contributed by atoms with van der Waals surface area (Å²) in [4.78, 5) is 9.79. The molecule has 1 unspecified atom stereocenters. The summed E-state index contributed by atoms with van der Waals surface area (Å²) in [6.45, 7) is 5.61. The number of hydrogen-bond acceptors (Lipinski definition) is 2. The molecule has 0 aliphatic carbocycles. The average molecular weight is 143 g/mol. The van der Waals surface area contributed by atoms with Crippen LogP contribution >= 0.6 is 0 Å². The summed E-state index contributed by atoms with van der Waals surface area (Å²) in [5.74, 6) is 0. The molecule has 0 spiro atoms. The van der Waals surface area contributed by atoms with Crippen molar-refractivity contribution < 1.29 is 9.53 Å². The van der Waals surface area contributed by atoms with Gasteiger partial charge in [0.25, 0.3) is 0 Å². The smallest absolute Gasteiger partial charge is 0.417 e. The fourth-order valence-electron chi connectivity index (χ4n) is 0.846. The topological polar surface area (TPSA) is 26.3 Å². The third kappa shape index (κ3) is 4.36. The van der Waals surface area contributed by atoms with E-state index in [1.165, 1.54) is 6.47 Å². The fraction of sp³-hybridized carbons (Fsp3) is 0.875. The van der Waals surface area contributed by atoms with Crippen molar-refractivity contribution in [3.63, 3.8) is 0 Å². The summed E-state index contributed by atoms with van der Waals surface area (Å²) in [7, 11) is 0. The Balaban J connectivity index is 3.29. The zero-order valence-electron chi connectivity index (χ0n) is 6.72. The first-order chi connectivity index (χ1) is 4.85. The molecule has 0 saturated heterocycles. The van der Waals surface area contributed by atoms with Crippen LogP contribution in [0.1, 0.15) is 39.5 Å². The molecule has 0 aliphatic rings. The predicted molar refractivity (Wildman–Crippen MR) is 40.4 cm³/mol. The Hall–Kier alpha value is -0.530. The Morgan fingerprint density at radius 2 is 2.20 bits per heavy atom. The molecule has 0 rings (SSSR count). The van der Waals surface area contributed by atoms with Crippen LogP contribution in [-0.2, 0) is 9.53 Å². The first kappa shape index (κ1) is 9.47. The van der Waals surface area contributed by atoms with Gasteiger partial charge in [0.1, 0.15) is 6.10 Å². The highest BCUT2D eigenvalue weighted by Crippen LogP contribution is 2.06. The van der Waals surface area contributed by atoms with Crippen molar-refractivity contribution in [3.8, 4) is 0 Å². The van der Waals surface area contributed by atoms with E-state index in [1.54, 1.807) is 0 Å². The Labute approximate surface area is 62.6 Å². The van der Waals surface area contributed by atoms with Crippen LogP contribution in [0, 0.1) is 0 Å². The maximum absolute atomic E-state index is 9.79. The van der Waals surface area contributed by atoms with Crippen molar-refractivity contribution in [1.29, 1.82) is 0 Å². The maximum Gasteiger partial charge on any atom is 0.417 e. The van der Waals surface area contributed by atoms with E-state index in [9.17, 15) is 4.79 Å². The molecule has 0 aliphatic heterocycles. The summed E-state index contributed by atoms with van der Waals surface area (Å²) in [6, 6.07) is 0. The predicted octanol–water partition coefficient (Wildman–Crippen LogP) is 2.04. The minimum atomic E-state index is 0.0949. The molecule has 1 atom stereocenters. The molecule has 1 radical (unpaired) electrons. The standard InChI is InChI=1S/C8H15O2/c1-3-5-6-8(4-2)10-7-9/h8H,3-6H2,1-2H3. The van der Waals surface area contributed by atoms with Gasteiger partial charge in [-0.25, -0.2) is 4.79 Å². The zero-order valence-corrected chi connectivity index (χ0v) is 6.72. The maximum atomic E-state index is 9.79. The molecule has 59 valence electrons. The van der Waals surface area contributed by atoms with Gasteiger partial charge in [-0.3, -0.25) is 0 Å². The molecule has 0 fully saturated rings. The highest BCUT2D eigenvalue weighted by atomic mass is 16.5. The molecule has 2 nitrogen and oxygen atoms in total. The summed E-state index contributed by atoms with van der Waals surface area (Å²) in [5, 5.41) is 0. The summed E-state index contributed by atoms with van der Waals surface area (Å²) >= 11 is 0. The van der Waals surface area contributed by atoms with Gasteiger partial charge in [0.15, 0.2) is 0 Å². The molecule has 2 heteroatoms. The number of ether oxygens (including phenoxy) is 1. The molecule has 0 N–H and O–H groups in total. The van der Waals surface area contributed by atoms with Gasteiger partial charge in [-0.05, 0) is 12.8 Å². The van der Waals surface area contributed by atoms with E-state index in [0.29, 0.717) is 0 Å². The second-order valence-corrected chi connectivity index (χ2v) is 2.37. The molecule has 0 heterocycles. The van der Waals surface area contributed by atoms with Crippen LogP contribution in [0.4, 0.5) is 0 Å². The van der Waals surface area contributed by atoms with Crippen molar-refractivity contribution in [2.75, 3.05) is 0 Å². The monoisotopic (exact) mass is 143 g/mol. The number of carbonyl (C=O) groups excluding carboxylic acids is 1. The summed E-state index contributed by atoms with van der Waals surface area (Å²) in [5.41, 5.74) is 0. The largest absolute Gasteiger partial charge is 0.454 e. The van der Waals surface area contributed by atoms with Crippen LogP contribution in [0.15, 0.2) is 0 Å². The average Bonchev–Trinajstić information content (AvgIpc) is 1.98. The van der Waals surface area contributed by atoms with Gasteiger partial charge >= 0.3 is 6.47 Å². The highest BCUT2D eigenvalue weighted by molar-refractivity contribution is 5.38. The van der Waals surface area contributed by atoms with E-state index < -0.39 is 0 Å². The van der Waals surface area contributed by atoms with Gasteiger partial charge in [0, 0.05) is 0 Å². The lowest BCUT2D eigenvalue weighted by atomic mass is 10.1. The minimum absolute atomic E-state index is 0.0949. The lowest BCUT2D eigenvalue weighted by Gasteiger charge is -2.10. The third-order valence-electron chi connectivity index (χ3n) is 1.55. The second-order valence-electron chi connectivity index (χ2n) is 2.37. The molecule has 0 aromatic heterocycles. The van der Waals surface area contributed by atoms with Gasteiger partial charge in [0.2, 0.25) is 0 Å². The molecule has 10 heavy (non-hydrogen) atoms. The molecule has 0 bridgehead atoms. The number of unbranched alkanes of at least 4 members (excludes halogenated alkanes) is 1. The lowest BCUT2D eigenvalue weighted by molar-refractivity contribution is 0.160. The quantitative estimate of drug-likeness (QED) is 0.568. The van der Waals surface area contributed by atoms with Crippen LogP contribution in [0.2, 0.25) is 0 Å². The number of hydrogen-bond donors (Lipinski definition) is 0. The van der Waals surface area contributed by atoms with Crippen LogP contribution in [0.3, 0.4) is 0 Å². The highest BCUT2D eigenvalue weighted by Gasteiger charge is 2.04. The molecular formula is C8H15O2. The zero-order chi connectivity index (χ0) is 7.82. The normalized spacial score (nSPS) is 12.6. The first-order valence-corrected chi connectivity index (χ1v) is 3.87. The van der Waals surface area contributed by atoms with Crippen molar-refractivity contribution in [2.24, 2.45) is 0 Å². The summed E-state index contributed by atoms with van der Waals surface area (Å²) in [6.07, 6.45) is 4.24. The van der Waals surface area contributed by atoms with E-state index in [4.69, 9.17) is 0 Å². The Bertz CT molecular complexity index is 81.3. The van der Waals surface area contributed by atoms with Gasteiger partial charge < -0.3 is 4.74 Å². The van der Waals surface area contributed by atoms with Gasteiger partial charge in [-0.2, -0.15) is 0 Å². The van der Waals surface area contributed by atoms with Crippen molar-refractivity contribution >= 4 is 6.47 Å². The Kier molecular flexibility index (Phi) is 6.24. The lowest BCUT2D eigenvalue weighted by Crippen LogP contribution is -2.09. The van der Waals surface area contributed by atoms with Gasteiger partial charge in [-0.15, -0.1) is 0 Å². The van der Waals surface area contributed by atoms with Crippen LogP contribution in [-0.4, -0.2) is 12.6 Å². The van der Waals surface area contributed by atoms with Crippen molar-refractivity contribution in [1.82, 2.24) is 0 Å². The van der Waals surface area contributed by atoms with Crippen molar-refractivity contribution in [3.05, 3.63) is 0 Å². The van der Waals surface area contributed by atoms with E-state index >= 15 is 0 Å². The van der Waals surface area contributed by atoms with Crippen LogP contribution in [0.5, 0.6) is 0 Å². The van der Waals surface area contributed by atoms with Crippen LogP contribution < -0.4 is 0 Å². The fourth-order valence-corrected chi connectivity index (χ4v) is 0.846. The second kappa shape index (κ2) is 6.59. The molecule has 0 saturated carbocycles. The summed E-state index contributed by atoms with van der Waals surface area (Å²) < 4.78 is 4.69.